The summed E-state index contributed by atoms with van der Waals surface area (Å²) in [6.45, 7) is 0.907. The number of rotatable bonds is 4. The number of hydrogen-bond donors (Lipinski definition) is 1. The summed E-state index contributed by atoms with van der Waals surface area (Å²) in [6.07, 6.45) is 1.05. The van der Waals surface area contributed by atoms with Crippen molar-refractivity contribution in [2.45, 2.75) is 18.9 Å². The van der Waals surface area contributed by atoms with Gasteiger partial charge in [-0.15, -0.1) is 0 Å². The van der Waals surface area contributed by atoms with Crippen LogP contribution in [0.3, 0.4) is 0 Å². The minimum absolute atomic E-state index is 0.276. The van der Waals surface area contributed by atoms with E-state index in [0.29, 0.717) is 23.8 Å². The maximum Gasteiger partial charge on any atom is 0.124 e. The molecule has 1 atom stereocenters. The van der Waals surface area contributed by atoms with Crippen LogP contribution in [0.4, 0.5) is 4.39 Å². The monoisotopic (exact) mass is 257 g/mol. The fraction of sp³-hybridized carbons (Fsp3) is 0.250. The van der Waals surface area contributed by atoms with E-state index >= 15 is 0 Å². The first-order chi connectivity index (χ1) is 9.28. The van der Waals surface area contributed by atoms with Crippen molar-refractivity contribution in [2.24, 2.45) is 5.73 Å². The Morgan fingerprint density at radius 3 is 2.84 bits per heavy atom. The van der Waals surface area contributed by atoms with Gasteiger partial charge in [-0.05, 0) is 35.7 Å². The average Bonchev–Trinajstić information content (AvgIpc) is 2.41. The lowest BCUT2D eigenvalue weighted by molar-refractivity contribution is 0.272. The predicted molar refractivity (Wildman–Crippen MR) is 72.7 cm³/mol. The molecule has 19 heavy (non-hydrogen) atoms. The van der Waals surface area contributed by atoms with Crippen LogP contribution >= 0.6 is 0 Å². The molecule has 0 radical (unpaired) electrons. The van der Waals surface area contributed by atoms with Gasteiger partial charge in [0.25, 0.3) is 0 Å². The zero-order valence-electron chi connectivity index (χ0n) is 10.6. The van der Waals surface area contributed by atoms with Gasteiger partial charge in [-0.2, -0.15) is 0 Å². The quantitative estimate of drug-likeness (QED) is 0.913. The van der Waals surface area contributed by atoms with Crippen molar-refractivity contribution in [3.63, 3.8) is 0 Å². The first kappa shape index (κ1) is 12.2. The molecule has 98 valence electrons. The lowest BCUT2D eigenvalue weighted by Gasteiger charge is -2.30. The maximum atomic E-state index is 13.1. The van der Waals surface area contributed by atoms with Crippen LogP contribution in [-0.2, 0) is 13.0 Å². The molecule has 0 fully saturated rings. The van der Waals surface area contributed by atoms with Crippen LogP contribution in [0.2, 0.25) is 0 Å². The summed E-state index contributed by atoms with van der Waals surface area (Å²) in [5, 5.41) is 0. The Morgan fingerprint density at radius 1 is 1.21 bits per heavy atom. The Labute approximate surface area is 112 Å². The fourth-order valence-corrected chi connectivity index (χ4v) is 2.55. The van der Waals surface area contributed by atoms with Gasteiger partial charge in [0.15, 0.2) is 0 Å². The number of nitrogens with two attached hydrogens (primary N) is 1. The third-order valence-corrected chi connectivity index (χ3v) is 3.64. The zero-order chi connectivity index (χ0) is 13.2. The van der Waals surface area contributed by atoms with Crippen molar-refractivity contribution >= 4 is 0 Å². The first-order valence-electron chi connectivity index (χ1n) is 6.47. The summed E-state index contributed by atoms with van der Waals surface area (Å²) in [7, 11) is 0. The number of benzene rings is 2. The van der Waals surface area contributed by atoms with Crippen LogP contribution in [0.1, 0.15) is 22.6 Å². The Bertz CT molecular complexity index is 597. The minimum atomic E-state index is -0.276. The number of halogens is 1. The molecule has 1 unspecified atom stereocenters. The van der Waals surface area contributed by atoms with E-state index in [-0.39, 0.29) is 12.4 Å². The summed E-state index contributed by atoms with van der Waals surface area (Å²) in [5.74, 6) is 0.849. The minimum Gasteiger partial charge on any atom is -0.493 e. The topological polar surface area (TPSA) is 35.2 Å². The van der Waals surface area contributed by atoms with E-state index in [1.54, 1.807) is 6.07 Å². The highest BCUT2D eigenvalue weighted by Crippen LogP contribution is 2.35. The highest BCUT2D eigenvalue weighted by atomic mass is 19.1. The number of hydrogen-bond acceptors (Lipinski definition) is 2. The smallest absolute Gasteiger partial charge is 0.124 e. The van der Waals surface area contributed by atoms with Crippen molar-refractivity contribution in [1.82, 2.24) is 0 Å². The molecule has 3 rings (SSSR count). The molecule has 0 amide bonds. The lowest BCUT2D eigenvalue weighted by atomic mass is 9.78. The van der Waals surface area contributed by atoms with Crippen molar-refractivity contribution in [3.8, 4) is 5.75 Å². The third kappa shape index (κ3) is 2.34. The highest BCUT2D eigenvalue weighted by molar-refractivity contribution is 5.40. The SMILES string of the molecule is NCc1cc(F)ccc1OCC1Cc2ccccc21. The molecule has 2 aromatic carbocycles. The fourth-order valence-electron chi connectivity index (χ4n) is 2.55. The molecule has 1 aliphatic carbocycles. The third-order valence-electron chi connectivity index (χ3n) is 3.64. The van der Waals surface area contributed by atoms with Crippen molar-refractivity contribution in [2.75, 3.05) is 6.61 Å². The second-order valence-electron chi connectivity index (χ2n) is 4.87. The van der Waals surface area contributed by atoms with Crippen molar-refractivity contribution < 1.29 is 9.13 Å². The summed E-state index contributed by atoms with van der Waals surface area (Å²) in [5.41, 5.74) is 9.08. The average molecular weight is 257 g/mol. The second-order valence-corrected chi connectivity index (χ2v) is 4.87. The van der Waals surface area contributed by atoms with Gasteiger partial charge in [-0.25, -0.2) is 4.39 Å². The molecule has 0 saturated carbocycles. The summed E-state index contributed by atoms with van der Waals surface area (Å²) in [6, 6.07) is 12.9. The normalized spacial score (nSPS) is 16.6. The van der Waals surface area contributed by atoms with Gasteiger partial charge in [-0.3, -0.25) is 0 Å². The van der Waals surface area contributed by atoms with Crippen LogP contribution in [0, 0.1) is 5.82 Å². The zero-order valence-corrected chi connectivity index (χ0v) is 10.6. The van der Waals surface area contributed by atoms with E-state index in [2.05, 4.69) is 18.2 Å². The molecule has 0 heterocycles. The summed E-state index contributed by atoms with van der Waals surface area (Å²) < 4.78 is 18.9. The summed E-state index contributed by atoms with van der Waals surface area (Å²) >= 11 is 0. The predicted octanol–water partition coefficient (Wildman–Crippen LogP) is 3.00. The molecule has 1 aliphatic rings. The van der Waals surface area contributed by atoms with Gasteiger partial charge in [-0.1, -0.05) is 24.3 Å². The standard InChI is InChI=1S/C16H16FNO/c17-14-5-6-16(12(8-14)9-18)19-10-13-7-11-3-1-2-4-15(11)13/h1-6,8,13H,7,9-10,18H2. The van der Waals surface area contributed by atoms with Crippen LogP contribution in [0.15, 0.2) is 42.5 Å². The van der Waals surface area contributed by atoms with E-state index in [0.717, 1.165) is 6.42 Å². The Morgan fingerprint density at radius 2 is 2.05 bits per heavy atom. The Hall–Kier alpha value is -1.87. The van der Waals surface area contributed by atoms with E-state index < -0.39 is 0 Å². The second kappa shape index (κ2) is 5.02. The molecule has 0 aliphatic heterocycles. The maximum absolute atomic E-state index is 13.1. The first-order valence-corrected chi connectivity index (χ1v) is 6.47. The van der Waals surface area contributed by atoms with E-state index in [9.17, 15) is 4.39 Å². The molecule has 3 heteroatoms. The van der Waals surface area contributed by atoms with Crippen LogP contribution in [0.25, 0.3) is 0 Å². The molecule has 0 spiro atoms. The van der Waals surface area contributed by atoms with Gasteiger partial charge in [0, 0.05) is 18.0 Å². The van der Waals surface area contributed by atoms with E-state index in [4.69, 9.17) is 10.5 Å². The van der Waals surface area contributed by atoms with Gasteiger partial charge in [0.05, 0.1) is 6.61 Å². The highest BCUT2D eigenvalue weighted by Gasteiger charge is 2.26. The Balaban J connectivity index is 1.68. The van der Waals surface area contributed by atoms with Gasteiger partial charge >= 0.3 is 0 Å². The summed E-state index contributed by atoms with van der Waals surface area (Å²) in [4.78, 5) is 0. The van der Waals surface area contributed by atoms with Crippen LogP contribution in [0.5, 0.6) is 5.75 Å². The van der Waals surface area contributed by atoms with Crippen LogP contribution in [-0.4, -0.2) is 6.61 Å². The number of fused-ring (bicyclic) bond motifs is 1. The van der Waals surface area contributed by atoms with E-state index in [1.807, 2.05) is 6.07 Å². The van der Waals surface area contributed by atoms with Gasteiger partial charge < -0.3 is 10.5 Å². The molecular weight excluding hydrogens is 241 g/mol. The molecule has 2 N–H and O–H groups in total. The van der Waals surface area contributed by atoms with Crippen molar-refractivity contribution in [3.05, 3.63) is 65.0 Å². The molecular formula is C16H16FNO. The molecule has 2 aromatic rings. The molecule has 2 nitrogen and oxygen atoms in total. The molecule has 0 bridgehead atoms. The molecule has 0 aromatic heterocycles. The van der Waals surface area contributed by atoms with Crippen molar-refractivity contribution in [1.29, 1.82) is 0 Å². The number of ether oxygens (including phenoxy) is 1. The molecule has 0 saturated heterocycles. The van der Waals surface area contributed by atoms with Gasteiger partial charge in [0.2, 0.25) is 0 Å². The van der Waals surface area contributed by atoms with Gasteiger partial charge in [0.1, 0.15) is 11.6 Å². The largest absolute Gasteiger partial charge is 0.493 e. The Kier molecular flexibility index (Phi) is 3.22. The van der Waals surface area contributed by atoms with Crippen LogP contribution < -0.4 is 10.5 Å². The lowest BCUT2D eigenvalue weighted by Crippen LogP contribution is -2.23. The van der Waals surface area contributed by atoms with E-state index in [1.165, 1.54) is 23.3 Å².